The Labute approximate surface area is 138 Å². The summed E-state index contributed by atoms with van der Waals surface area (Å²) in [5.74, 6) is -1.15. The number of hydrogen-bond donors (Lipinski definition) is 0. The van der Waals surface area contributed by atoms with Gasteiger partial charge in [0.2, 0.25) is 11.8 Å². The number of aromatic nitrogens is 2. The van der Waals surface area contributed by atoms with E-state index in [1.165, 1.54) is 24.3 Å². The lowest BCUT2D eigenvalue weighted by Gasteiger charge is -2.38. The first-order valence-electron chi connectivity index (χ1n) is 8.11. The number of likely N-dealkylation sites (tertiary alicyclic amines) is 1. The summed E-state index contributed by atoms with van der Waals surface area (Å²) in [5, 5.41) is 4.06. The Morgan fingerprint density at radius 3 is 2.50 bits per heavy atom. The third-order valence-corrected chi connectivity index (χ3v) is 4.46. The summed E-state index contributed by atoms with van der Waals surface area (Å²) in [6, 6.07) is 5.77. The Morgan fingerprint density at radius 1 is 1.25 bits per heavy atom. The van der Waals surface area contributed by atoms with E-state index < -0.39 is 5.76 Å². The Bertz CT molecular complexity index is 771. The van der Waals surface area contributed by atoms with Gasteiger partial charge in [-0.15, -0.1) is 5.10 Å². The van der Waals surface area contributed by atoms with Gasteiger partial charge in [0.05, 0.1) is 0 Å². The highest BCUT2D eigenvalue weighted by Gasteiger charge is 2.29. The van der Waals surface area contributed by atoms with Crippen molar-refractivity contribution in [3.8, 4) is 11.5 Å². The average Bonchev–Trinajstić information content (AvgIpc) is 2.89. The quantitative estimate of drug-likeness (QED) is 0.865. The number of benzene rings is 1. The number of carbonyl (C=O) groups excluding carboxylic acids is 1. The fourth-order valence-corrected chi connectivity index (χ4v) is 3.24. The molecule has 1 fully saturated rings. The molecule has 128 valence electrons. The second kappa shape index (κ2) is 6.59. The van der Waals surface area contributed by atoms with Crippen LogP contribution in [0.5, 0.6) is 0 Å². The van der Waals surface area contributed by atoms with E-state index in [0.29, 0.717) is 5.56 Å². The van der Waals surface area contributed by atoms with Crippen LogP contribution in [0.4, 0.5) is 4.39 Å². The van der Waals surface area contributed by atoms with Gasteiger partial charge in [-0.05, 0) is 57.4 Å². The van der Waals surface area contributed by atoms with Gasteiger partial charge in [0.15, 0.2) is 0 Å². The Balaban J connectivity index is 1.79. The maximum atomic E-state index is 13.0. The molecule has 24 heavy (non-hydrogen) atoms. The zero-order chi connectivity index (χ0) is 17.3. The molecule has 1 aliphatic heterocycles. The van der Waals surface area contributed by atoms with Crippen LogP contribution in [-0.4, -0.2) is 32.7 Å². The number of carbonyl (C=O) groups is 1. The van der Waals surface area contributed by atoms with Crippen LogP contribution in [0.15, 0.2) is 33.5 Å². The van der Waals surface area contributed by atoms with E-state index in [0.717, 1.165) is 23.9 Å². The second-order valence-corrected chi connectivity index (χ2v) is 6.27. The number of amides is 1. The topological polar surface area (TPSA) is 68.3 Å². The minimum absolute atomic E-state index is 0.0764. The largest absolute Gasteiger partial charge is 0.437 e. The van der Waals surface area contributed by atoms with Crippen molar-refractivity contribution in [2.45, 2.75) is 51.7 Å². The SMILES string of the molecule is C[C@@H]1CCC[C@H](C)N1C(=O)Cn1nc(-c2ccc(F)cc2)oc1=O. The normalized spacial score (nSPS) is 21.0. The molecule has 0 unspecified atom stereocenters. The molecule has 0 N–H and O–H groups in total. The van der Waals surface area contributed by atoms with Gasteiger partial charge < -0.3 is 9.32 Å². The minimum Gasteiger partial charge on any atom is -0.388 e. The van der Waals surface area contributed by atoms with Crippen molar-refractivity contribution in [1.29, 1.82) is 0 Å². The maximum absolute atomic E-state index is 13.0. The van der Waals surface area contributed by atoms with Gasteiger partial charge in [-0.3, -0.25) is 4.79 Å². The predicted octanol–water partition coefficient (Wildman–Crippen LogP) is 2.43. The molecule has 0 aliphatic carbocycles. The van der Waals surface area contributed by atoms with Gasteiger partial charge in [0.1, 0.15) is 12.4 Å². The lowest BCUT2D eigenvalue weighted by atomic mass is 9.97. The molecule has 2 atom stereocenters. The van der Waals surface area contributed by atoms with E-state index in [1.54, 1.807) is 0 Å². The van der Waals surface area contributed by atoms with Crippen molar-refractivity contribution in [3.63, 3.8) is 0 Å². The monoisotopic (exact) mass is 333 g/mol. The molecule has 3 rings (SSSR count). The van der Waals surface area contributed by atoms with Crippen LogP contribution in [0.25, 0.3) is 11.5 Å². The van der Waals surface area contributed by atoms with Gasteiger partial charge in [-0.1, -0.05) is 0 Å². The van der Waals surface area contributed by atoms with Crippen LogP contribution in [0.2, 0.25) is 0 Å². The fraction of sp³-hybridized carbons (Fsp3) is 0.471. The van der Waals surface area contributed by atoms with Crippen LogP contribution >= 0.6 is 0 Å². The van der Waals surface area contributed by atoms with Gasteiger partial charge in [0, 0.05) is 17.6 Å². The van der Waals surface area contributed by atoms with Gasteiger partial charge in [0.25, 0.3) is 0 Å². The highest BCUT2D eigenvalue weighted by molar-refractivity contribution is 5.76. The molecule has 2 aromatic rings. The first-order chi connectivity index (χ1) is 11.5. The first kappa shape index (κ1) is 16.4. The zero-order valence-corrected chi connectivity index (χ0v) is 13.7. The van der Waals surface area contributed by atoms with E-state index >= 15 is 0 Å². The molecular weight excluding hydrogens is 313 g/mol. The average molecular weight is 333 g/mol. The molecule has 0 spiro atoms. The summed E-state index contributed by atoms with van der Waals surface area (Å²) < 4.78 is 19.1. The summed E-state index contributed by atoms with van der Waals surface area (Å²) in [7, 11) is 0. The van der Waals surface area contributed by atoms with E-state index in [2.05, 4.69) is 5.10 Å². The smallest absolute Gasteiger partial charge is 0.388 e. The molecule has 0 bridgehead atoms. The number of hydrogen-bond acceptors (Lipinski definition) is 4. The molecule has 1 aromatic carbocycles. The predicted molar refractivity (Wildman–Crippen MR) is 85.8 cm³/mol. The molecular formula is C17H20FN3O3. The van der Waals surface area contributed by atoms with Crippen LogP contribution in [-0.2, 0) is 11.3 Å². The van der Waals surface area contributed by atoms with Crippen LogP contribution in [0, 0.1) is 5.82 Å². The molecule has 1 aromatic heterocycles. The van der Waals surface area contributed by atoms with Crippen molar-refractivity contribution in [2.24, 2.45) is 0 Å². The third-order valence-electron chi connectivity index (χ3n) is 4.46. The summed E-state index contributed by atoms with van der Waals surface area (Å²) >= 11 is 0. The highest BCUT2D eigenvalue weighted by Crippen LogP contribution is 2.23. The summed E-state index contributed by atoms with van der Waals surface area (Å²) in [6.45, 7) is 3.88. The van der Waals surface area contributed by atoms with Crippen LogP contribution in [0.1, 0.15) is 33.1 Å². The van der Waals surface area contributed by atoms with Crippen molar-refractivity contribution in [2.75, 3.05) is 0 Å². The standard InChI is InChI=1S/C17H20FN3O3/c1-11-4-3-5-12(2)21(11)15(22)10-20-17(23)24-16(19-20)13-6-8-14(18)9-7-13/h6-9,11-12H,3-5,10H2,1-2H3/t11-,12+. The minimum atomic E-state index is -0.694. The molecule has 0 radical (unpaired) electrons. The van der Waals surface area contributed by atoms with E-state index in [1.807, 2.05) is 18.7 Å². The lowest BCUT2D eigenvalue weighted by Crippen LogP contribution is -2.49. The Hall–Kier alpha value is -2.44. The van der Waals surface area contributed by atoms with Crippen molar-refractivity contribution in [1.82, 2.24) is 14.7 Å². The zero-order valence-electron chi connectivity index (χ0n) is 13.7. The van der Waals surface area contributed by atoms with E-state index in [9.17, 15) is 14.0 Å². The number of nitrogens with zero attached hydrogens (tertiary/aromatic N) is 3. The lowest BCUT2D eigenvalue weighted by molar-refractivity contribution is -0.138. The Kier molecular flexibility index (Phi) is 4.51. The summed E-state index contributed by atoms with van der Waals surface area (Å²) in [5.41, 5.74) is 0.486. The van der Waals surface area contributed by atoms with Crippen LogP contribution < -0.4 is 5.76 Å². The van der Waals surface area contributed by atoms with E-state index in [-0.39, 0.29) is 36.2 Å². The van der Waals surface area contributed by atoms with E-state index in [4.69, 9.17) is 4.42 Å². The molecule has 1 saturated heterocycles. The van der Waals surface area contributed by atoms with Crippen molar-refractivity contribution < 1.29 is 13.6 Å². The number of halogens is 1. The first-order valence-corrected chi connectivity index (χ1v) is 8.11. The Morgan fingerprint density at radius 2 is 1.88 bits per heavy atom. The number of piperidine rings is 1. The molecule has 1 amide bonds. The molecule has 2 heterocycles. The van der Waals surface area contributed by atoms with Crippen molar-refractivity contribution in [3.05, 3.63) is 40.6 Å². The summed E-state index contributed by atoms with van der Waals surface area (Å²) in [6.07, 6.45) is 3.03. The highest BCUT2D eigenvalue weighted by atomic mass is 19.1. The second-order valence-electron chi connectivity index (χ2n) is 6.27. The van der Waals surface area contributed by atoms with Gasteiger partial charge in [-0.2, -0.15) is 4.68 Å². The van der Waals surface area contributed by atoms with Crippen molar-refractivity contribution >= 4 is 5.91 Å². The summed E-state index contributed by atoms with van der Waals surface area (Å²) in [4.78, 5) is 26.3. The molecule has 0 saturated carbocycles. The number of rotatable bonds is 3. The molecule has 7 heteroatoms. The van der Waals surface area contributed by atoms with Gasteiger partial charge in [-0.25, -0.2) is 9.18 Å². The fourth-order valence-electron chi connectivity index (χ4n) is 3.24. The maximum Gasteiger partial charge on any atom is 0.437 e. The van der Waals surface area contributed by atoms with Crippen LogP contribution in [0.3, 0.4) is 0 Å². The molecule has 6 nitrogen and oxygen atoms in total. The van der Waals surface area contributed by atoms with Gasteiger partial charge >= 0.3 is 5.76 Å². The molecule has 1 aliphatic rings. The third kappa shape index (κ3) is 3.25.